The van der Waals surface area contributed by atoms with Crippen molar-refractivity contribution in [1.82, 2.24) is 15.1 Å². The highest BCUT2D eigenvalue weighted by Gasteiger charge is 2.66. The van der Waals surface area contributed by atoms with Crippen molar-refractivity contribution in [3.63, 3.8) is 0 Å². The summed E-state index contributed by atoms with van der Waals surface area (Å²) in [5.74, 6) is -1.75. The molecule has 0 saturated carbocycles. The Morgan fingerprint density at radius 2 is 1.74 bits per heavy atom. The number of carboxylic acid groups (broad SMARTS) is 1. The first kappa shape index (κ1) is 18.3. The molecule has 0 radical (unpaired) electrons. The second kappa shape index (κ2) is 5.72. The molecule has 8 heteroatoms. The molecule has 4 rings (SSSR count). The average Bonchev–Trinajstić information content (AvgIpc) is 2.98. The highest BCUT2D eigenvalue weighted by molar-refractivity contribution is 8.01. The number of fused-ring (bicyclic) bond motifs is 1. The zero-order valence-corrected chi connectivity index (χ0v) is 16.4. The zero-order chi connectivity index (χ0) is 19.7. The Morgan fingerprint density at radius 3 is 2.33 bits per heavy atom. The van der Waals surface area contributed by atoms with E-state index in [1.54, 1.807) is 18.7 Å². The molecule has 7 nitrogen and oxygen atoms in total. The van der Waals surface area contributed by atoms with E-state index >= 15 is 0 Å². The largest absolute Gasteiger partial charge is 0.548 e. The number of hydrogen-bond acceptors (Lipinski definition) is 6. The van der Waals surface area contributed by atoms with Crippen LogP contribution in [0, 0.1) is 0 Å². The lowest BCUT2D eigenvalue weighted by Gasteiger charge is -2.51. The topological polar surface area (TPSA) is 92.8 Å². The molecule has 4 atom stereocenters. The summed E-state index contributed by atoms with van der Waals surface area (Å²) in [6.07, 6.45) is 0. The number of aliphatic carboxylic acids is 1. The van der Waals surface area contributed by atoms with E-state index in [0.29, 0.717) is 0 Å². The predicted octanol–water partition coefficient (Wildman–Crippen LogP) is 0.0764. The fourth-order valence-corrected chi connectivity index (χ4v) is 6.13. The van der Waals surface area contributed by atoms with Crippen molar-refractivity contribution < 1.29 is 19.5 Å². The highest BCUT2D eigenvalue weighted by Crippen LogP contribution is 2.53. The molecule has 0 bridgehead atoms. The van der Waals surface area contributed by atoms with Crippen LogP contribution >= 0.6 is 11.8 Å². The van der Waals surface area contributed by atoms with E-state index in [9.17, 15) is 19.5 Å². The van der Waals surface area contributed by atoms with Crippen LogP contribution in [0.4, 0.5) is 0 Å². The maximum absolute atomic E-state index is 13.2. The van der Waals surface area contributed by atoms with Gasteiger partial charge in [-0.25, -0.2) is 0 Å². The van der Waals surface area contributed by atoms with Gasteiger partial charge in [0, 0.05) is 4.75 Å². The van der Waals surface area contributed by atoms with Crippen LogP contribution in [0.2, 0.25) is 0 Å². The van der Waals surface area contributed by atoms with Crippen LogP contribution in [0.5, 0.6) is 0 Å². The normalized spacial score (nSPS) is 33.8. The third-order valence-electron chi connectivity index (χ3n) is 5.63. The quantitative estimate of drug-likeness (QED) is 0.737. The molecule has 27 heavy (non-hydrogen) atoms. The Hall–Kier alpha value is -2.06. The highest BCUT2D eigenvalue weighted by atomic mass is 32.2. The fourth-order valence-electron chi connectivity index (χ4n) is 4.47. The van der Waals surface area contributed by atoms with E-state index in [1.807, 2.05) is 44.2 Å². The van der Waals surface area contributed by atoms with Gasteiger partial charge in [0.05, 0.1) is 17.7 Å². The van der Waals surface area contributed by atoms with Crippen LogP contribution in [0.25, 0.3) is 0 Å². The number of hydrogen-bond donors (Lipinski definition) is 1. The van der Waals surface area contributed by atoms with E-state index in [1.165, 1.54) is 16.7 Å². The molecule has 3 saturated heterocycles. The van der Waals surface area contributed by atoms with E-state index in [2.05, 4.69) is 5.32 Å². The number of nitrogens with zero attached hydrogens (tertiary/aromatic N) is 2. The SMILES string of the molecule is CC1(C)S[C@@H]2[C@H](N3C(=O)[C@@H](c4ccccc4)NC3(C)C)C(=O)N2[C@H]1C(=O)[O-]. The van der Waals surface area contributed by atoms with Gasteiger partial charge in [-0.2, -0.15) is 0 Å². The van der Waals surface area contributed by atoms with E-state index < -0.39 is 34.5 Å². The molecule has 1 N–H and O–H groups in total. The lowest BCUT2D eigenvalue weighted by Crippen LogP contribution is -2.74. The Balaban J connectivity index is 1.65. The maximum Gasteiger partial charge on any atom is 0.250 e. The fraction of sp³-hybridized carbons (Fsp3) is 0.526. The Morgan fingerprint density at radius 1 is 1.11 bits per heavy atom. The molecule has 3 fully saturated rings. The summed E-state index contributed by atoms with van der Waals surface area (Å²) in [6, 6.07) is 7.19. The number of nitrogens with one attached hydrogen (secondary N) is 1. The van der Waals surface area contributed by atoms with E-state index in [-0.39, 0.29) is 17.2 Å². The number of amides is 2. The second-order valence-corrected chi connectivity index (χ2v) is 10.0. The number of rotatable bonds is 3. The maximum atomic E-state index is 13.2. The van der Waals surface area contributed by atoms with Crippen LogP contribution < -0.4 is 10.4 Å². The summed E-state index contributed by atoms with van der Waals surface area (Å²) in [4.78, 5) is 40.7. The van der Waals surface area contributed by atoms with Gasteiger partial charge < -0.3 is 19.7 Å². The van der Waals surface area contributed by atoms with Gasteiger partial charge in [0.2, 0.25) is 11.8 Å². The summed E-state index contributed by atoms with van der Waals surface area (Å²) in [6.45, 7) is 7.32. The standard InChI is InChI=1S/C19H23N3O4S/c1-18(2)13(17(25)26)21-15(24)12(16(21)27-18)22-14(23)11(20-19(22,3)4)10-8-6-5-7-9-10/h5-9,11-13,16,20H,1-4H3,(H,25,26)/p-1/t11-,12-,13+,16-/m1/s1. The van der Waals surface area contributed by atoms with Gasteiger partial charge in [0.25, 0.3) is 0 Å². The zero-order valence-electron chi connectivity index (χ0n) is 15.6. The lowest BCUT2D eigenvalue weighted by molar-refractivity contribution is -0.312. The van der Waals surface area contributed by atoms with Crippen molar-refractivity contribution in [1.29, 1.82) is 0 Å². The van der Waals surface area contributed by atoms with Crippen LogP contribution in [0.1, 0.15) is 39.3 Å². The molecule has 0 spiro atoms. The minimum absolute atomic E-state index is 0.167. The van der Waals surface area contributed by atoms with Gasteiger partial charge in [0.15, 0.2) is 0 Å². The van der Waals surface area contributed by atoms with Gasteiger partial charge in [-0.15, -0.1) is 11.8 Å². The lowest BCUT2D eigenvalue weighted by atomic mass is 9.94. The van der Waals surface area contributed by atoms with E-state index in [0.717, 1.165) is 5.56 Å². The second-order valence-electron chi connectivity index (χ2n) is 8.28. The molecule has 144 valence electrons. The molecule has 0 unspecified atom stereocenters. The molecule has 0 aromatic heterocycles. The van der Waals surface area contributed by atoms with Crippen molar-refractivity contribution in [3.05, 3.63) is 35.9 Å². The molecule has 0 aliphatic carbocycles. The summed E-state index contributed by atoms with van der Waals surface area (Å²) < 4.78 is -0.674. The number of thioether (sulfide) groups is 1. The van der Waals surface area contributed by atoms with Gasteiger partial charge in [-0.3, -0.25) is 14.9 Å². The predicted molar refractivity (Wildman–Crippen MR) is 98.1 cm³/mol. The molecular formula is C19H22N3O4S-. The third kappa shape index (κ3) is 2.50. The van der Waals surface area contributed by atoms with Gasteiger partial charge in [0.1, 0.15) is 17.5 Å². The number of β-lactam (4-membered cyclic amide) rings is 1. The van der Waals surface area contributed by atoms with Crippen molar-refractivity contribution >= 4 is 29.5 Å². The molecule has 1 aromatic carbocycles. The number of carbonyl (C=O) groups is 3. The first-order valence-electron chi connectivity index (χ1n) is 8.93. The van der Waals surface area contributed by atoms with Crippen LogP contribution in [-0.4, -0.2) is 55.5 Å². The summed E-state index contributed by atoms with van der Waals surface area (Å²) >= 11 is 1.42. The summed E-state index contributed by atoms with van der Waals surface area (Å²) in [5.41, 5.74) is 0.114. The molecular weight excluding hydrogens is 366 g/mol. The third-order valence-corrected chi connectivity index (χ3v) is 7.19. The van der Waals surface area contributed by atoms with Crippen molar-refractivity contribution in [2.24, 2.45) is 0 Å². The molecule has 3 aliphatic rings. The molecule has 1 aromatic rings. The monoisotopic (exact) mass is 388 g/mol. The Bertz CT molecular complexity index is 826. The number of carbonyl (C=O) groups excluding carboxylic acids is 3. The van der Waals surface area contributed by atoms with Crippen molar-refractivity contribution in [2.45, 2.75) is 61.6 Å². The smallest absolute Gasteiger partial charge is 0.250 e. The summed E-state index contributed by atoms with van der Waals surface area (Å²) in [7, 11) is 0. The van der Waals surface area contributed by atoms with Crippen LogP contribution in [-0.2, 0) is 14.4 Å². The van der Waals surface area contributed by atoms with Gasteiger partial charge in [-0.1, -0.05) is 30.3 Å². The average molecular weight is 388 g/mol. The van der Waals surface area contributed by atoms with Crippen molar-refractivity contribution in [2.75, 3.05) is 0 Å². The molecule has 3 aliphatic heterocycles. The minimum atomic E-state index is -1.26. The molecule has 3 heterocycles. The Labute approximate surface area is 162 Å². The summed E-state index contributed by atoms with van der Waals surface area (Å²) in [5, 5.41) is 14.5. The Kier molecular flexibility index (Phi) is 3.88. The first-order valence-corrected chi connectivity index (χ1v) is 9.81. The molecule has 2 amide bonds. The minimum Gasteiger partial charge on any atom is -0.548 e. The van der Waals surface area contributed by atoms with Crippen molar-refractivity contribution in [3.8, 4) is 0 Å². The van der Waals surface area contributed by atoms with Gasteiger partial charge in [-0.05, 0) is 33.3 Å². The van der Waals surface area contributed by atoms with Crippen LogP contribution in [0.3, 0.4) is 0 Å². The van der Waals surface area contributed by atoms with Gasteiger partial charge >= 0.3 is 0 Å². The first-order chi connectivity index (χ1) is 12.6. The van der Waals surface area contributed by atoms with Crippen LogP contribution in [0.15, 0.2) is 30.3 Å². The number of carboxylic acids is 1. The van der Waals surface area contributed by atoms with E-state index in [4.69, 9.17) is 0 Å². The number of benzene rings is 1.